The van der Waals surface area contributed by atoms with Gasteiger partial charge in [0.25, 0.3) is 0 Å². The molecule has 0 aliphatic carbocycles. The summed E-state index contributed by atoms with van der Waals surface area (Å²) in [6, 6.07) is 10.3. The van der Waals surface area contributed by atoms with Gasteiger partial charge in [-0.25, -0.2) is 9.79 Å². The topological polar surface area (TPSA) is 98.5 Å². The number of methoxy groups -OCH3 is 1. The number of hydrogen-bond acceptors (Lipinski definition) is 6. The van der Waals surface area contributed by atoms with E-state index in [1.54, 1.807) is 24.1 Å². The van der Waals surface area contributed by atoms with Crippen molar-refractivity contribution in [3.05, 3.63) is 81.0 Å². The van der Waals surface area contributed by atoms with Crippen molar-refractivity contribution in [3.63, 3.8) is 0 Å². The summed E-state index contributed by atoms with van der Waals surface area (Å²) < 4.78 is 15.0. The molecule has 3 heterocycles. The Kier molecular flexibility index (Phi) is 7.09. The first-order chi connectivity index (χ1) is 18.4. The van der Waals surface area contributed by atoms with E-state index in [4.69, 9.17) is 14.5 Å². The minimum absolute atomic E-state index is 0.0869. The SMILES string of the molecule is CCOc1cc2c(cc1OC)-c1c/c(=N\c3c(C)cc(C)cc3C)n(CCNc3cn[nH]c3)c(=O)n1CC2. The highest BCUT2D eigenvalue weighted by Crippen LogP contribution is 2.37. The third-order valence-corrected chi connectivity index (χ3v) is 6.89. The number of rotatable bonds is 8. The van der Waals surface area contributed by atoms with Crippen LogP contribution in [0.3, 0.4) is 0 Å². The Morgan fingerprint density at radius 2 is 1.89 bits per heavy atom. The minimum Gasteiger partial charge on any atom is -0.493 e. The standard InChI is InChI=1S/C29H34N6O3/c1-6-38-26-13-21-7-9-34-24(23(21)14-25(26)37-5)15-27(33-28-19(3)11-18(2)12-20(28)4)35(29(34)36)10-8-30-22-16-31-32-17-22/h11-17,30H,6-10H2,1-5H3,(H,31,32)/b33-27+. The van der Waals surface area contributed by atoms with Gasteiger partial charge in [-0.1, -0.05) is 17.7 Å². The number of benzene rings is 2. The number of ether oxygens (including phenoxy) is 2. The van der Waals surface area contributed by atoms with Gasteiger partial charge in [0.2, 0.25) is 0 Å². The van der Waals surface area contributed by atoms with E-state index in [2.05, 4.69) is 48.4 Å². The van der Waals surface area contributed by atoms with Crippen LogP contribution >= 0.6 is 0 Å². The third kappa shape index (κ3) is 4.83. The molecule has 2 aromatic heterocycles. The third-order valence-electron chi connectivity index (χ3n) is 6.89. The zero-order valence-corrected chi connectivity index (χ0v) is 22.6. The number of fused-ring (bicyclic) bond motifs is 3. The number of aryl methyl sites for hydroxylation is 4. The van der Waals surface area contributed by atoms with Crippen LogP contribution in [0.1, 0.15) is 29.2 Å². The lowest BCUT2D eigenvalue weighted by Crippen LogP contribution is -2.43. The van der Waals surface area contributed by atoms with Crippen LogP contribution in [0, 0.1) is 20.8 Å². The first-order valence-corrected chi connectivity index (χ1v) is 12.9. The Balaban J connectivity index is 1.68. The summed E-state index contributed by atoms with van der Waals surface area (Å²) in [5.41, 5.74) is 8.55. The second-order valence-corrected chi connectivity index (χ2v) is 9.59. The molecule has 4 aromatic rings. The van der Waals surface area contributed by atoms with Crippen molar-refractivity contribution in [2.75, 3.05) is 25.6 Å². The van der Waals surface area contributed by atoms with Crippen molar-refractivity contribution < 1.29 is 9.47 Å². The van der Waals surface area contributed by atoms with Gasteiger partial charge in [0, 0.05) is 37.5 Å². The van der Waals surface area contributed by atoms with Crippen LogP contribution in [-0.2, 0) is 19.5 Å². The van der Waals surface area contributed by atoms with Gasteiger partial charge in [-0.05, 0) is 62.9 Å². The Labute approximate surface area is 221 Å². The van der Waals surface area contributed by atoms with Crippen LogP contribution in [0.4, 0.5) is 11.4 Å². The maximum atomic E-state index is 13.9. The molecule has 0 amide bonds. The zero-order valence-electron chi connectivity index (χ0n) is 22.6. The van der Waals surface area contributed by atoms with Crippen molar-refractivity contribution in [1.82, 2.24) is 19.3 Å². The Bertz CT molecular complexity index is 1580. The molecule has 0 radical (unpaired) electrons. The molecule has 0 spiro atoms. The van der Waals surface area contributed by atoms with Crippen LogP contribution in [0.25, 0.3) is 11.3 Å². The number of aromatic amines is 1. The molecular weight excluding hydrogens is 480 g/mol. The molecule has 0 unspecified atom stereocenters. The smallest absolute Gasteiger partial charge is 0.330 e. The molecule has 38 heavy (non-hydrogen) atoms. The summed E-state index contributed by atoms with van der Waals surface area (Å²) in [5, 5.41) is 10.1. The summed E-state index contributed by atoms with van der Waals surface area (Å²) in [7, 11) is 1.63. The van der Waals surface area contributed by atoms with E-state index in [-0.39, 0.29) is 5.69 Å². The molecule has 0 fully saturated rings. The fourth-order valence-corrected chi connectivity index (χ4v) is 5.20. The Morgan fingerprint density at radius 1 is 1.11 bits per heavy atom. The molecule has 198 valence electrons. The monoisotopic (exact) mass is 514 g/mol. The molecular formula is C29H34N6O3. The molecule has 2 aromatic carbocycles. The molecule has 0 bridgehead atoms. The number of aromatic nitrogens is 4. The zero-order chi connectivity index (χ0) is 26.8. The van der Waals surface area contributed by atoms with Crippen LogP contribution < -0.4 is 26.0 Å². The first-order valence-electron chi connectivity index (χ1n) is 12.9. The number of nitrogens with zero attached hydrogens (tertiary/aromatic N) is 4. The van der Waals surface area contributed by atoms with E-state index in [0.29, 0.717) is 37.5 Å². The quantitative estimate of drug-likeness (QED) is 0.366. The summed E-state index contributed by atoms with van der Waals surface area (Å²) >= 11 is 0. The van der Waals surface area contributed by atoms with Gasteiger partial charge in [0.05, 0.1) is 37.0 Å². The normalized spacial score (nSPS) is 12.7. The van der Waals surface area contributed by atoms with E-state index in [1.165, 1.54) is 5.56 Å². The average Bonchev–Trinajstić information content (AvgIpc) is 3.41. The summed E-state index contributed by atoms with van der Waals surface area (Å²) in [6.45, 7) is 10.3. The Hall–Kier alpha value is -4.27. The molecule has 2 N–H and O–H groups in total. The molecule has 1 aliphatic rings. The molecule has 0 saturated heterocycles. The van der Waals surface area contributed by atoms with E-state index < -0.39 is 0 Å². The maximum Gasteiger partial charge on any atom is 0.330 e. The number of hydrogen-bond donors (Lipinski definition) is 2. The van der Waals surface area contributed by atoms with E-state index in [9.17, 15) is 4.79 Å². The van der Waals surface area contributed by atoms with Crippen LogP contribution in [0.2, 0.25) is 0 Å². The van der Waals surface area contributed by atoms with Crippen molar-refractivity contribution in [3.8, 4) is 22.8 Å². The van der Waals surface area contributed by atoms with Gasteiger partial charge >= 0.3 is 5.69 Å². The predicted octanol–water partition coefficient (Wildman–Crippen LogP) is 4.27. The van der Waals surface area contributed by atoms with Crippen molar-refractivity contribution in [2.45, 2.75) is 47.2 Å². The van der Waals surface area contributed by atoms with E-state index in [0.717, 1.165) is 51.5 Å². The minimum atomic E-state index is -0.0869. The van der Waals surface area contributed by atoms with Crippen molar-refractivity contribution in [1.29, 1.82) is 0 Å². The molecule has 0 atom stereocenters. The van der Waals surface area contributed by atoms with E-state index >= 15 is 0 Å². The molecule has 0 saturated carbocycles. The lowest BCUT2D eigenvalue weighted by Gasteiger charge is -2.25. The summed E-state index contributed by atoms with van der Waals surface area (Å²) in [6.07, 6.45) is 4.23. The second-order valence-electron chi connectivity index (χ2n) is 9.59. The molecule has 5 rings (SSSR count). The Morgan fingerprint density at radius 3 is 2.58 bits per heavy atom. The van der Waals surface area contributed by atoms with Crippen molar-refractivity contribution in [2.24, 2.45) is 4.99 Å². The van der Waals surface area contributed by atoms with Gasteiger partial charge in [-0.3, -0.25) is 14.2 Å². The fraction of sp³-hybridized carbons (Fsp3) is 0.345. The second kappa shape index (κ2) is 10.6. The predicted molar refractivity (Wildman–Crippen MR) is 149 cm³/mol. The highest BCUT2D eigenvalue weighted by atomic mass is 16.5. The van der Waals surface area contributed by atoms with Crippen LogP contribution in [0.5, 0.6) is 11.5 Å². The maximum absolute atomic E-state index is 13.9. The van der Waals surface area contributed by atoms with Gasteiger partial charge in [-0.2, -0.15) is 5.10 Å². The lowest BCUT2D eigenvalue weighted by atomic mass is 9.97. The highest BCUT2D eigenvalue weighted by molar-refractivity contribution is 5.70. The summed E-state index contributed by atoms with van der Waals surface area (Å²) in [4.78, 5) is 19.0. The van der Waals surface area contributed by atoms with Crippen LogP contribution in [0.15, 0.2) is 52.5 Å². The number of anilines is 1. The average molecular weight is 515 g/mol. The van der Waals surface area contributed by atoms with E-state index in [1.807, 2.05) is 29.7 Å². The molecule has 9 nitrogen and oxygen atoms in total. The van der Waals surface area contributed by atoms with Gasteiger partial charge < -0.3 is 14.8 Å². The lowest BCUT2D eigenvalue weighted by molar-refractivity contribution is 0.310. The highest BCUT2D eigenvalue weighted by Gasteiger charge is 2.22. The number of nitrogens with one attached hydrogen (secondary N) is 2. The summed E-state index contributed by atoms with van der Waals surface area (Å²) in [5.74, 6) is 1.37. The fourth-order valence-electron chi connectivity index (χ4n) is 5.20. The molecule has 9 heteroatoms. The van der Waals surface area contributed by atoms with Gasteiger partial charge in [0.1, 0.15) is 5.49 Å². The van der Waals surface area contributed by atoms with Gasteiger partial charge in [-0.15, -0.1) is 0 Å². The largest absolute Gasteiger partial charge is 0.493 e. The number of H-pyrrole nitrogens is 1. The van der Waals surface area contributed by atoms with Crippen LogP contribution in [-0.4, -0.2) is 39.6 Å². The first kappa shape index (κ1) is 25.4. The van der Waals surface area contributed by atoms with Gasteiger partial charge in [0.15, 0.2) is 11.5 Å². The van der Waals surface area contributed by atoms with Crippen molar-refractivity contribution >= 4 is 11.4 Å². The molecule has 1 aliphatic heterocycles.